The van der Waals surface area contributed by atoms with Crippen LogP contribution in [0.5, 0.6) is 0 Å². The van der Waals surface area contributed by atoms with Crippen molar-refractivity contribution in [1.82, 2.24) is 4.72 Å². The van der Waals surface area contributed by atoms with Crippen LogP contribution in [-0.4, -0.2) is 33.6 Å². The molecule has 1 aliphatic rings. The third-order valence-corrected chi connectivity index (χ3v) is 5.47. The number of rotatable bonds is 5. The molecule has 2 rings (SSSR count). The van der Waals surface area contributed by atoms with Crippen LogP contribution >= 0.6 is 0 Å². The van der Waals surface area contributed by atoms with Crippen molar-refractivity contribution in [2.75, 3.05) is 13.7 Å². The van der Waals surface area contributed by atoms with E-state index in [-0.39, 0.29) is 11.4 Å². The van der Waals surface area contributed by atoms with Crippen molar-refractivity contribution < 1.29 is 17.9 Å². The highest BCUT2D eigenvalue weighted by atomic mass is 32.2. The summed E-state index contributed by atoms with van der Waals surface area (Å²) in [6.07, 6.45) is 4.88. The summed E-state index contributed by atoms with van der Waals surface area (Å²) >= 11 is 0. The number of nitrogens with one attached hydrogen (secondary N) is 1. The molecule has 1 aliphatic carbocycles. The van der Waals surface area contributed by atoms with Crippen LogP contribution in [0, 0.1) is 0 Å². The molecule has 0 spiro atoms. The molecule has 0 radical (unpaired) electrons. The van der Waals surface area contributed by atoms with Gasteiger partial charge in [0.05, 0.1) is 17.6 Å². The minimum absolute atomic E-state index is 0.111. The fourth-order valence-corrected chi connectivity index (χ4v) is 3.78. The van der Waals surface area contributed by atoms with E-state index in [4.69, 9.17) is 5.73 Å². The van der Waals surface area contributed by atoms with E-state index in [0.717, 1.165) is 32.1 Å². The molecule has 7 heteroatoms. The largest absolute Gasteiger partial charge is 0.465 e. The van der Waals surface area contributed by atoms with E-state index in [1.165, 1.54) is 31.4 Å². The Morgan fingerprint density at radius 2 is 1.82 bits per heavy atom. The van der Waals surface area contributed by atoms with Crippen molar-refractivity contribution in [3.63, 3.8) is 0 Å². The third-order valence-electron chi connectivity index (χ3n) is 4.05. The number of carbonyl (C=O) groups is 1. The number of nitrogens with two attached hydrogens (primary N) is 1. The Morgan fingerprint density at radius 3 is 2.36 bits per heavy atom. The highest BCUT2D eigenvalue weighted by molar-refractivity contribution is 7.89. The maximum Gasteiger partial charge on any atom is 0.337 e. The van der Waals surface area contributed by atoms with Gasteiger partial charge in [-0.25, -0.2) is 17.9 Å². The molecule has 0 amide bonds. The molecule has 0 atom stereocenters. The van der Waals surface area contributed by atoms with Gasteiger partial charge in [-0.05, 0) is 37.1 Å². The zero-order valence-electron chi connectivity index (χ0n) is 12.7. The summed E-state index contributed by atoms with van der Waals surface area (Å²) in [5, 5.41) is 0. The monoisotopic (exact) mass is 326 g/mol. The zero-order valence-corrected chi connectivity index (χ0v) is 13.5. The van der Waals surface area contributed by atoms with E-state index < -0.39 is 21.5 Å². The van der Waals surface area contributed by atoms with Gasteiger partial charge < -0.3 is 10.5 Å². The smallest absolute Gasteiger partial charge is 0.337 e. The van der Waals surface area contributed by atoms with E-state index in [1.807, 2.05) is 0 Å². The molecule has 0 heterocycles. The zero-order chi connectivity index (χ0) is 16.2. The maximum absolute atomic E-state index is 12.3. The van der Waals surface area contributed by atoms with Gasteiger partial charge in [0, 0.05) is 12.1 Å². The lowest BCUT2D eigenvalue weighted by molar-refractivity contribution is 0.0600. The van der Waals surface area contributed by atoms with Gasteiger partial charge in [0.25, 0.3) is 0 Å². The topological polar surface area (TPSA) is 98.5 Å². The molecule has 6 nitrogen and oxygen atoms in total. The van der Waals surface area contributed by atoms with E-state index in [2.05, 4.69) is 9.46 Å². The van der Waals surface area contributed by atoms with Crippen molar-refractivity contribution in [2.24, 2.45) is 5.73 Å². The van der Waals surface area contributed by atoms with Gasteiger partial charge in [-0.3, -0.25) is 0 Å². The lowest BCUT2D eigenvalue weighted by Gasteiger charge is -2.33. The molecule has 0 unspecified atom stereocenters. The normalized spacial score (nSPS) is 17.9. The molecule has 0 saturated heterocycles. The van der Waals surface area contributed by atoms with Gasteiger partial charge in [0.1, 0.15) is 0 Å². The minimum atomic E-state index is -3.63. The third kappa shape index (κ3) is 4.06. The molecule has 0 aromatic heterocycles. The number of carbonyl (C=O) groups excluding carboxylic acids is 1. The number of hydrogen-bond acceptors (Lipinski definition) is 5. The molecule has 1 aromatic carbocycles. The number of esters is 1. The predicted molar refractivity (Wildman–Crippen MR) is 83.0 cm³/mol. The molecule has 122 valence electrons. The van der Waals surface area contributed by atoms with Gasteiger partial charge in [-0.2, -0.15) is 0 Å². The van der Waals surface area contributed by atoms with Crippen molar-refractivity contribution in [2.45, 2.75) is 42.5 Å². The van der Waals surface area contributed by atoms with E-state index in [9.17, 15) is 13.2 Å². The van der Waals surface area contributed by atoms with Crippen molar-refractivity contribution in [3.8, 4) is 0 Å². The second kappa shape index (κ2) is 6.76. The summed E-state index contributed by atoms with van der Waals surface area (Å²) in [4.78, 5) is 11.5. The van der Waals surface area contributed by atoms with Crippen LogP contribution in [0.15, 0.2) is 29.2 Å². The van der Waals surface area contributed by atoms with Crippen molar-refractivity contribution in [1.29, 1.82) is 0 Å². The van der Waals surface area contributed by atoms with Crippen LogP contribution < -0.4 is 10.5 Å². The molecule has 1 aromatic rings. The predicted octanol–water partition coefficient (Wildman–Crippen LogP) is 1.41. The van der Waals surface area contributed by atoms with Gasteiger partial charge in [0.2, 0.25) is 10.0 Å². The Kier molecular flexibility index (Phi) is 5.20. The number of hydrogen-bond donors (Lipinski definition) is 2. The van der Waals surface area contributed by atoms with Crippen LogP contribution in [-0.2, 0) is 14.8 Å². The van der Waals surface area contributed by atoms with Crippen LogP contribution in [0.1, 0.15) is 42.5 Å². The molecule has 1 saturated carbocycles. The first-order valence-electron chi connectivity index (χ1n) is 7.33. The molecule has 22 heavy (non-hydrogen) atoms. The second-order valence-corrected chi connectivity index (χ2v) is 7.53. The van der Waals surface area contributed by atoms with Crippen LogP contribution in [0.25, 0.3) is 0 Å². The van der Waals surface area contributed by atoms with Crippen LogP contribution in [0.2, 0.25) is 0 Å². The Balaban J connectivity index is 2.05. The summed E-state index contributed by atoms with van der Waals surface area (Å²) in [5.74, 6) is -0.500. The fraction of sp³-hybridized carbons (Fsp3) is 0.533. The van der Waals surface area contributed by atoms with Gasteiger partial charge in [-0.1, -0.05) is 19.3 Å². The molecule has 0 bridgehead atoms. The molecule has 1 fully saturated rings. The van der Waals surface area contributed by atoms with Crippen molar-refractivity contribution >= 4 is 16.0 Å². The number of sulfonamides is 1. The molecule has 3 N–H and O–H groups in total. The second-order valence-electron chi connectivity index (χ2n) is 5.76. The quantitative estimate of drug-likeness (QED) is 0.797. The first-order chi connectivity index (χ1) is 10.4. The summed E-state index contributed by atoms with van der Waals surface area (Å²) in [7, 11) is -2.35. The Labute approximate surface area is 131 Å². The van der Waals surface area contributed by atoms with E-state index >= 15 is 0 Å². The summed E-state index contributed by atoms with van der Waals surface area (Å²) in [6.45, 7) is 0.230. The van der Waals surface area contributed by atoms with E-state index in [1.54, 1.807) is 0 Å². The van der Waals surface area contributed by atoms with E-state index in [0.29, 0.717) is 5.56 Å². The summed E-state index contributed by atoms with van der Waals surface area (Å²) in [5.41, 5.74) is 6.09. The lowest BCUT2D eigenvalue weighted by Crippen LogP contribution is -2.51. The average Bonchev–Trinajstić information content (AvgIpc) is 2.53. The highest BCUT2D eigenvalue weighted by Gasteiger charge is 2.29. The van der Waals surface area contributed by atoms with Crippen LogP contribution in [0.3, 0.4) is 0 Å². The van der Waals surface area contributed by atoms with Crippen molar-refractivity contribution in [3.05, 3.63) is 29.8 Å². The highest BCUT2D eigenvalue weighted by Crippen LogP contribution is 2.25. The number of ether oxygens (including phenoxy) is 1. The molecule has 0 aliphatic heterocycles. The standard InChI is InChI=1S/C15H22N2O4S/c1-21-14(18)12-5-7-13(8-6-12)22(19,20)17-11-15(16)9-3-2-4-10-15/h5-8,17H,2-4,9-11,16H2,1H3. The van der Waals surface area contributed by atoms with Gasteiger partial charge in [0.15, 0.2) is 0 Å². The summed E-state index contributed by atoms with van der Waals surface area (Å²) in [6, 6.07) is 5.63. The maximum atomic E-state index is 12.3. The Bertz CT molecular complexity index is 619. The van der Waals surface area contributed by atoms with Gasteiger partial charge in [-0.15, -0.1) is 0 Å². The van der Waals surface area contributed by atoms with Gasteiger partial charge >= 0.3 is 5.97 Å². The number of benzene rings is 1. The number of methoxy groups -OCH3 is 1. The Morgan fingerprint density at radius 1 is 1.23 bits per heavy atom. The van der Waals surface area contributed by atoms with Crippen LogP contribution in [0.4, 0.5) is 0 Å². The lowest BCUT2D eigenvalue weighted by atomic mass is 9.83. The molecular weight excluding hydrogens is 304 g/mol. The minimum Gasteiger partial charge on any atom is -0.465 e. The average molecular weight is 326 g/mol. The molecular formula is C15H22N2O4S. The first-order valence-corrected chi connectivity index (χ1v) is 8.82. The fourth-order valence-electron chi connectivity index (χ4n) is 2.64. The summed E-state index contributed by atoms with van der Waals surface area (Å²) < 4.78 is 31.7. The first kappa shape index (κ1) is 16.9. The Hall–Kier alpha value is -1.44. The SMILES string of the molecule is COC(=O)c1ccc(S(=O)(=O)NCC2(N)CCCCC2)cc1.